The molecule has 0 saturated carbocycles. The van der Waals surface area contributed by atoms with Gasteiger partial charge >= 0.3 is 0 Å². The van der Waals surface area contributed by atoms with Gasteiger partial charge in [0, 0.05) is 47.9 Å². The number of fused-ring (bicyclic) bond motifs is 1. The van der Waals surface area contributed by atoms with Crippen LogP contribution in [0, 0.1) is 17.7 Å². The lowest BCUT2D eigenvalue weighted by Crippen LogP contribution is -2.53. The Kier molecular flexibility index (Phi) is 4.49. The van der Waals surface area contributed by atoms with Crippen molar-refractivity contribution in [2.24, 2.45) is 11.8 Å². The SMILES string of the molecule is C[C@@H]1CN(C)C[C@H](C)C1(O)c1ccc(-c2ccnc3[nH]cc(F)c23)cc1Cl. The second-order valence-corrected chi connectivity index (χ2v) is 8.17. The van der Waals surface area contributed by atoms with Crippen molar-refractivity contribution >= 4 is 22.6 Å². The maximum atomic E-state index is 14.2. The molecule has 0 bridgehead atoms. The molecular formula is C21H23ClFN3O. The zero-order valence-electron chi connectivity index (χ0n) is 15.6. The highest BCUT2D eigenvalue weighted by molar-refractivity contribution is 6.31. The maximum absolute atomic E-state index is 14.2. The summed E-state index contributed by atoms with van der Waals surface area (Å²) in [4.78, 5) is 9.23. The van der Waals surface area contributed by atoms with Crippen LogP contribution >= 0.6 is 11.6 Å². The largest absolute Gasteiger partial charge is 0.384 e. The van der Waals surface area contributed by atoms with E-state index in [-0.39, 0.29) is 17.7 Å². The van der Waals surface area contributed by atoms with E-state index in [1.807, 2.05) is 18.2 Å². The summed E-state index contributed by atoms with van der Waals surface area (Å²) in [5, 5.41) is 12.5. The van der Waals surface area contributed by atoms with Gasteiger partial charge in [-0.3, -0.25) is 0 Å². The molecule has 1 unspecified atom stereocenters. The Labute approximate surface area is 163 Å². The van der Waals surface area contributed by atoms with Crippen molar-refractivity contribution in [3.63, 3.8) is 0 Å². The number of nitrogens with one attached hydrogen (secondary N) is 1. The lowest BCUT2D eigenvalue weighted by molar-refractivity contribution is -0.107. The van der Waals surface area contributed by atoms with E-state index >= 15 is 0 Å². The fourth-order valence-corrected chi connectivity index (χ4v) is 4.90. The van der Waals surface area contributed by atoms with Gasteiger partial charge in [0.15, 0.2) is 5.82 Å². The first-order valence-electron chi connectivity index (χ1n) is 9.15. The first kappa shape index (κ1) is 18.4. The number of pyridine rings is 1. The zero-order chi connectivity index (χ0) is 19.3. The predicted octanol–water partition coefficient (Wildman–Crippen LogP) is 4.43. The van der Waals surface area contributed by atoms with E-state index in [0.717, 1.165) is 29.8 Å². The Morgan fingerprint density at radius 3 is 2.63 bits per heavy atom. The fraction of sp³-hybridized carbons (Fsp3) is 0.381. The number of hydrogen-bond donors (Lipinski definition) is 2. The van der Waals surface area contributed by atoms with Crippen molar-refractivity contribution in [3.8, 4) is 11.1 Å². The summed E-state index contributed by atoms with van der Waals surface area (Å²) in [6.07, 6.45) is 2.95. The van der Waals surface area contributed by atoms with Crippen LogP contribution < -0.4 is 0 Å². The molecular weight excluding hydrogens is 365 g/mol. The summed E-state index contributed by atoms with van der Waals surface area (Å²) in [5.41, 5.74) is 1.77. The van der Waals surface area contributed by atoms with Gasteiger partial charge < -0.3 is 15.0 Å². The normalized spacial score (nSPS) is 26.6. The van der Waals surface area contributed by atoms with E-state index in [1.165, 1.54) is 6.20 Å². The Hall–Kier alpha value is -1.95. The molecule has 3 atom stereocenters. The van der Waals surface area contributed by atoms with Crippen LogP contribution in [0.4, 0.5) is 4.39 Å². The first-order chi connectivity index (χ1) is 12.8. The molecule has 142 valence electrons. The summed E-state index contributed by atoms with van der Waals surface area (Å²) in [7, 11) is 2.07. The van der Waals surface area contributed by atoms with Crippen LogP contribution in [-0.4, -0.2) is 40.1 Å². The number of hydrogen-bond acceptors (Lipinski definition) is 3. The van der Waals surface area contributed by atoms with E-state index in [4.69, 9.17) is 11.6 Å². The predicted molar refractivity (Wildman–Crippen MR) is 106 cm³/mol. The van der Waals surface area contributed by atoms with Crippen molar-refractivity contribution in [3.05, 3.63) is 53.1 Å². The molecule has 1 aliphatic rings. The quantitative estimate of drug-likeness (QED) is 0.684. The molecule has 1 fully saturated rings. The third-order valence-corrected chi connectivity index (χ3v) is 6.22. The fourth-order valence-electron chi connectivity index (χ4n) is 4.57. The molecule has 27 heavy (non-hydrogen) atoms. The lowest BCUT2D eigenvalue weighted by atomic mass is 9.70. The summed E-state index contributed by atoms with van der Waals surface area (Å²) in [6, 6.07) is 7.37. The molecule has 2 aromatic heterocycles. The van der Waals surface area contributed by atoms with Crippen molar-refractivity contribution < 1.29 is 9.50 Å². The zero-order valence-corrected chi connectivity index (χ0v) is 16.4. The van der Waals surface area contributed by atoms with Crippen molar-refractivity contribution in [2.75, 3.05) is 20.1 Å². The van der Waals surface area contributed by atoms with Crippen molar-refractivity contribution in [1.29, 1.82) is 0 Å². The molecule has 6 heteroatoms. The third-order valence-electron chi connectivity index (χ3n) is 5.91. The minimum Gasteiger partial charge on any atom is -0.384 e. The van der Waals surface area contributed by atoms with E-state index < -0.39 is 5.60 Å². The summed E-state index contributed by atoms with van der Waals surface area (Å²) < 4.78 is 14.2. The van der Waals surface area contributed by atoms with Gasteiger partial charge in [-0.05, 0) is 30.3 Å². The minimum atomic E-state index is -0.991. The average Bonchev–Trinajstić information content (AvgIpc) is 3.01. The second kappa shape index (κ2) is 6.59. The van der Waals surface area contributed by atoms with Crippen molar-refractivity contribution in [1.82, 2.24) is 14.9 Å². The van der Waals surface area contributed by atoms with Crippen LogP contribution in [-0.2, 0) is 5.60 Å². The lowest BCUT2D eigenvalue weighted by Gasteiger charge is -2.47. The van der Waals surface area contributed by atoms with Crippen LogP contribution in [0.3, 0.4) is 0 Å². The van der Waals surface area contributed by atoms with Gasteiger partial charge in [-0.2, -0.15) is 0 Å². The van der Waals surface area contributed by atoms with Crippen LogP contribution in [0.2, 0.25) is 5.02 Å². The van der Waals surface area contributed by atoms with E-state index in [2.05, 4.69) is 35.8 Å². The van der Waals surface area contributed by atoms with Crippen molar-refractivity contribution in [2.45, 2.75) is 19.4 Å². The minimum absolute atomic E-state index is 0.0457. The standard InChI is InChI=1S/C21H23ClFN3O/c1-12-10-26(3)11-13(2)21(12,27)16-5-4-14(8-17(16)22)15-6-7-24-20-19(15)18(23)9-25-20/h4-9,12-13,27H,10-11H2,1-3H3,(H,24,25)/t12-,13+,21?. The molecule has 1 saturated heterocycles. The molecule has 0 amide bonds. The number of H-pyrrole nitrogens is 1. The van der Waals surface area contributed by atoms with Crippen LogP contribution in [0.5, 0.6) is 0 Å². The molecule has 1 aromatic carbocycles. The molecule has 4 nitrogen and oxygen atoms in total. The molecule has 2 N–H and O–H groups in total. The molecule has 0 spiro atoms. The monoisotopic (exact) mass is 387 g/mol. The Morgan fingerprint density at radius 1 is 1.26 bits per heavy atom. The summed E-state index contributed by atoms with van der Waals surface area (Å²) in [5.74, 6) is -0.252. The summed E-state index contributed by atoms with van der Waals surface area (Å²) >= 11 is 6.64. The average molecular weight is 388 g/mol. The van der Waals surface area contributed by atoms with E-state index in [0.29, 0.717) is 16.1 Å². The second-order valence-electron chi connectivity index (χ2n) is 7.76. The number of aliphatic hydroxyl groups is 1. The highest BCUT2D eigenvalue weighted by atomic mass is 35.5. The smallest absolute Gasteiger partial charge is 0.150 e. The van der Waals surface area contributed by atoms with Gasteiger partial charge in [0.25, 0.3) is 0 Å². The number of nitrogens with zero attached hydrogens (tertiary/aromatic N) is 2. The van der Waals surface area contributed by atoms with Crippen LogP contribution in [0.15, 0.2) is 36.7 Å². The Balaban J connectivity index is 1.80. The molecule has 3 heterocycles. The molecule has 3 aromatic rings. The molecule has 0 aliphatic carbocycles. The van der Waals surface area contributed by atoms with Crippen LogP contribution in [0.1, 0.15) is 19.4 Å². The number of halogens is 2. The molecule has 1 aliphatic heterocycles. The number of rotatable bonds is 2. The maximum Gasteiger partial charge on any atom is 0.150 e. The van der Waals surface area contributed by atoms with Gasteiger partial charge in [-0.1, -0.05) is 37.6 Å². The Bertz CT molecular complexity index is 990. The van der Waals surface area contributed by atoms with Gasteiger partial charge in [-0.15, -0.1) is 0 Å². The number of benzene rings is 1. The van der Waals surface area contributed by atoms with Crippen LogP contribution in [0.25, 0.3) is 22.2 Å². The van der Waals surface area contributed by atoms with Gasteiger partial charge in [0.1, 0.15) is 5.65 Å². The van der Waals surface area contributed by atoms with E-state index in [1.54, 1.807) is 12.3 Å². The number of aromatic nitrogens is 2. The highest BCUT2D eigenvalue weighted by Crippen LogP contribution is 2.44. The number of likely N-dealkylation sites (tertiary alicyclic amines) is 1. The molecule has 4 rings (SSSR count). The Morgan fingerprint density at radius 2 is 1.96 bits per heavy atom. The third kappa shape index (κ3) is 2.85. The number of aromatic amines is 1. The van der Waals surface area contributed by atoms with Gasteiger partial charge in [0.05, 0.1) is 11.0 Å². The highest BCUT2D eigenvalue weighted by Gasteiger charge is 2.46. The van der Waals surface area contributed by atoms with Gasteiger partial charge in [-0.25, -0.2) is 9.37 Å². The number of piperidine rings is 1. The summed E-state index contributed by atoms with van der Waals surface area (Å²) in [6.45, 7) is 5.72. The topological polar surface area (TPSA) is 52.1 Å². The van der Waals surface area contributed by atoms with Gasteiger partial charge in [0.2, 0.25) is 0 Å². The first-order valence-corrected chi connectivity index (χ1v) is 9.53. The molecule has 0 radical (unpaired) electrons. The van der Waals surface area contributed by atoms with E-state index in [9.17, 15) is 9.50 Å².